The number of hydrogen-bond acceptors (Lipinski definition) is 3. The molecule has 4 heteroatoms. The molecule has 3 nitrogen and oxygen atoms in total. The van der Waals surface area contributed by atoms with Crippen molar-refractivity contribution >= 4 is 21.7 Å². The van der Waals surface area contributed by atoms with Crippen LogP contribution in [0.5, 0.6) is 0 Å². The molecule has 0 bridgehead atoms. The molecule has 0 atom stereocenters. The number of rotatable bonds is 6. The number of aromatic nitrogens is 1. The largest absolute Gasteiger partial charge is 0.370 e. The Morgan fingerprint density at radius 1 is 1.44 bits per heavy atom. The van der Waals surface area contributed by atoms with E-state index in [1.54, 1.807) is 0 Å². The molecular weight excluding hydrogens is 266 g/mol. The molecule has 16 heavy (non-hydrogen) atoms. The summed E-state index contributed by atoms with van der Waals surface area (Å²) in [6, 6.07) is 2.60. The summed E-state index contributed by atoms with van der Waals surface area (Å²) in [5, 5.41) is 6.75. The predicted octanol–water partition coefficient (Wildman–Crippen LogP) is 3.16. The maximum Gasteiger partial charge on any atom is 0.130 e. The first-order valence-electron chi connectivity index (χ1n) is 5.75. The smallest absolute Gasteiger partial charge is 0.130 e. The third-order valence-electron chi connectivity index (χ3n) is 2.18. The summed E-state index contributed by atoms with van der Waals surface area (Å²) in [7, 11) is 0. The molecule has 1 rings (SSSR count). The van der Waals surface area contributed by atoms with Crippen LogP contribution in [-0.4, -0.2) is 17.6 Å². The van der Waals surface area contributed by atoms with Gasteiger partial charge in [-0.3, -0.25) is 0 Å². The SMILES string of the molecule is CCCNc1ncc(Br)cc1CNC(C)C. The van der Waals surface area contributed by atoms with Gasteiger partial charge in [0.15, 0.2) is 0 Å². The molecular formula is C12H20BrN3. The van der Waals surface area contributed by atoms with Gasteiger partial charge in [-0.1, -0.05) is 20.8 Å². The van der Waals surface area contributed by atoms with Gasteiger partial charge in [-0.2, -0.15) is 0 Å². The molecule has 0 amide bonds. The topological polar surface area (TPSA) is 37.0 Å². The average molecular weight is 286 g/mol. The highest BCUT2D eigenvalue weighted by Gasteiger charge is 2.04. The summed E-state index contributed by atoms with van der Waals surface area (Å²) < 4.78 is 1.02. The van der Waals surface area contributed by atoms with Gasteiger partial charge in [0.05, 0.1) is 0 Å². The number of halogens is 1. The van der Waals surface area contributed by atoms with Gasteiger partial charge in [0.2, 0.25) is 0 Å². The zero-order valence-corrected chi connectivity index (χ0v) is 11.8. The molecule has 0 saturated heterocycles. The van der Waals surface area contributed by atoms with Crippen LogP contribution >= 0.6 is 15.9 Å². The fourth-order valence-electron chi connectivity index (χ4n) is 1.33. The first kappa shape index (κ1) is 13.5. The van der Waals surface area contributed by atoms with Crippen molar-refractivity contribution in [3.63, 3.8) is 0 Å². The third kappa shape index (κ3) is 4.49. The minimum absolute atomic E-state index is 0.484. The molecule has 0 aliphatic rings. The van der Waals surface area contributed by atoms with Crippen LogP contribution in [0.25, 0.3) is 0 Å². The summed E-state index contributed by atoms with van der Waals surface area (Å²) in [5.74, 6) is 0.984. The van der Waals surface area contributed by atoms with Gasteiger partial charge in [0.1, 0.15) is 5.82 Å². The van der Waals surface area contributed by atoms with Crippen LogP contribution in [0.1, 0.15) is 32.8 Å². The number of pyridine rings is 1. The van der Waals surface area contributed by atoms with Crippen LogP contribution in [0.4, 0.5) is 5.82 Å². The molecule has 2 N–H and O–H groups in total. The van der Waals surface area contributed by atoms with Gasteiger partial charge in [0, 0.05) is 35.4 Å². The maximum absolute atomic E-state index is 4.40. The molecule has 0 aromatic carbocycles. The summed E-state index contributed by atoms with van der Waals surface area (Å²) in [6.07, 6.45) is 2.94. The zero-order valence-electron chi connectivity index (χ0n) is 10.2. The lowest BCUT2D eigenvalue weighted by atomic mass is 10.2. The zero-order chi connectivity index (χ0) is 12.0. The van der Waals surface area contributed by atoms with Crippen LogP contribution in [0.15, 0.2) is 16.7 Å². The van der Waals surface area contributed by atoms with Crippen molar-refractivity contribution in [2.45, 2.75) is 39.8 Å². The Kier molecular flexibility index (Phi) is 5.77. The fraction of sp³-hybridized carbons (Fsp3) is 0.583. The molecule has 0 spiro atoms. The second-order valence-electron chi connectivity index (χ2n) is 4.12. The lowest BCUT2D eigenvalue weighted by Crippen LogP contribution is -2.22. The van der Waals surface area contributed by atoms with Crippen molar-refractivity contribution in [1.82, 2.24) is 10.3 Å². The highest BCUT2D eigenvalue weighted by atomic mass is 79.9. The summed E-state index contributed by atoms with van der Waals surface area (Å²) >= 11 is 3.45. The minimum Gasteiger partial charge on any atom is -0.370 e. The molecule has 90 valence electrons. The molecule has 0 aliphatic heterocycles. The first-order valence-corrected chi connectivity index (χ1v) is 6.54. The second kappa shape index (κ2) is 6.86. The lowest BCUT2D eigenvalue weighted by Gasteiger charge is -2.13. The highest BCUT2D eigenvalue weighted by molar-refractivity contribution is 9.10. The molecule has 0 aliphatic carbocycles. The third-order valence-corrected chi connectivity index (χ3v) is 2.61. The van der Waals surface area contributed by atoms with Gasteiger partial charge in [-0.15, -0.1) is 0 Å². The predicted molar refractivity (Wildman–Crippen MR) is 72.7 cm³/mol. The van der Waals surface area contributed by atoms with Crippen molar-refractivity contribution in [2.24, 2.45) is 0 Å². The lowest BCUT2D eigenvalue weighted by molar-refractivity contribution is 0.588. The summed E-state index contributed by atoms with van der Waals surface area (Å²) in [6.45, 7) is 8.24. The maximum atomic E-state index is 4.40. The molecule has 0 fully saturated rings. The van der Waals surface area contributed by atoms with E-state index in [0.717, 1.165) is 29.8 Å². The molecule has 0 unspecified atom stereocenters. The molecule has 0 radical (unpaired) electrons. The average Bonchev–Trinajstić information content (AvgIpc) is 2.25. The van der Waals surface area contributed by atoms with E-state index in [-0.39, 0.29) is 0 Å². The van der Waals surface area contributed by atoms with Gasteiger partial charge < -0.3 is 10.6 Å². The Morgan fingerprint density at radius 3 is 2.81 bits per heavy atom. The minimum atomic E-state index is 0.484. The van der Waals surface area contributed by atoms with Crippen LogP contribution in [0.3, 0.4) is 0 Å². The van der Waals surface area contributed by atoms with E-state index >= 15 is 0 Å². The van der Waals surface area contributed by atoms with E-state index in [0.29, 0.717) is 6.04 Å². The Labute approximate surface area is 106 Å². The van der Waals surface area contributed by atoms with Crippen LogP contribution < -0.4 is 10.6 Å². The van der Waals surface area contributed by atoms with E-state index in [1.165, 1.54) is 5.56 Å². The molecule has 1 aromatic heterocycles. The Balaban J connectivity index is 2.72. The number of anilines is 1. The van der Waals surface area contributed by atoms with Crippen molar-refractivity contribution in [1.29, 1.82) is 0 Å². The highest BCUT2D eigenvalue weighted by Crippen LogP contribution is 2.18. The van der Waals surface area contributed by atoms with Gasteiger partial charge in [-0.05, 0) is 28.4 Å². The standard InChI is InChI=1S/C12H20BrN3/c1-4-5-14-12-10(7-15-9(2)3)6-11(13)8-16-12/h6,8-9,15H,4-5,7H2,1-3H3,(H,14,16). The fourth-order valence-corrected chi connectivity index (χ4v) is 1.71. The number of hydrogen-bond donors (Lipinski definition) is 2. The molecule has 1 heterocycles. The van der Waals surface area contributed by atoms with E-state index in [1.807, 2.05) is 6.20 Å². The van der Waals surface area contributed by atoms with Gasteiger partial charge >= 0.3 is 0 Å². The second-order valence-corrected chi connectivity index (χ2v) is 5.04. The normalized spacial score (nSPS) is 10.8. The first-order chi connectivity index (χ1) is 7.63. The Hall–Kier alpha value is -0.610. The van der Waals surface area contributed by atoms with Crippen molar-refractivity contribution < 1.29 is 0 Å². The molecule has 0 saturated carbocycles. The molecule has 1 aromatic rings. The van der Waals surface area contributed by atoms with Crippen LogP contribution in [0.2, 0.25) is 0 Å². The summed E-state index contributed by atoms with van der Waals surface area (Å²) in [4.78, 5) is 4.40. The number of nitrogens with one attached hydrogen (secondary N) is 2. The van der Waals surface area contributed by atoms with Crippen LogP contribution in [-0.2, 0) is 6.54 Å². The Morgan fingerprint density at radius 2 is 2.19 bits per heavy atom. The van der Waals surface area contributed by atoms with Crippen molar-refractivity contribution in [2.75, 3.05) is 11.9 Å². The van der Waals surface area contributed by atoms with Crippen molar-refractivity contribution in [3.8, 4) is 0 Å². The number of nitrogens with zero attached hydrogens (tertiary/aromatic N) is 1. The van der Waals surface area contributed by atoms with E-state index < -0.39 is 0 Å². The van der Waals surface area contributed by atoms with Gasteiger partial charge in [-0.25, -0.2) is 4.98 Å². The van der Waals surface area contributed by atoms with Crippen molar-refractivity contribution in [3.05, 3.63) is 22.3 Å². The van der Waals surface area contributed by atoms with E-state index in [9.17, 15) is 0 Å². The quantitative estimate of drug-likeness (QED) is 0.843. The summed E-state index contributed by atoms with van der Waals surface area (Å²) in [5.41, 5.74) is 1.21. The van der Waals surface area contributed by atoms with Gasteiger partial charge in [0.25, 0.3) is 0 Å². The van der Waals surface area contributed by atoms with E-state index in [4.69, 9.17) is 0 Å². The monoisotopic (exact) mass is 285 g/mol. The Bertz CT molecular complexity index is 326. The van der Waals surface area contributed by atoms with Crippen LogP contribution in [0, 0.1) is 0 Å². The van der Waals surface area contributed by atoms with E-state index in [2.05, 4.69) is 58.4 Å².